The largest absolute Gasteiger partial charge is 0.486 e. The molecule has 36 heavy (non-hydrogen) atoms. The summed E-state index contributed by atoms with van der Waals surface area (Å²) in [5, 5.41) is 9.56. The average molecular weight is 468 g/mol. The second-order valence-electron chi connectivity index (χ2n) is 9.69. The molecular formula is C32H25N3O. The van der Waals surface area contributed by atoms with Crippen LogP contribution < -0.4 is 4.90 Å². The molecule has 2 heterocycles. The minimum absolute atomic E-state index is 0.151. The molecule has 3 aliphatic rings. The number of nitriles is 1. The van der Waals surface area contributed by atoms with E-state index in [1.165, 1.54) is 28.1 Å². The second-order valence-corrected chi connectivity index (χ2v) is 9.69. The van der Waals surface area contributed by atoms with Gasteiger partial charge in [0.05, 0.1) is 12.6 Å². The Morgan fingerprint density at radius 3 is 2.42 bits per heavy atom. The molecule has 0 aromatic heterocycles. The molecule has 0 saturated carbocycles. The van der Waals surface area contributed by atoms with Crippen molar-refractivity contribution >= 4 is 17.5 Å². The van der Waals surface area contributed by atoms with Crippen molar-refractivity contribution in [3.05, 3.63) is 136 Å². The lowest BCUT2D eigenvalue weighted by Gasteiger charge is -2.35. The van der Waals surface area contributed by atoms with Gasteiger partial charge in [0.2, 0.25) is 0 Å². The summed E-state index contributed by atoms with van der Waals surface area (Å²) in [7, 11) is 0. The lowest BCUT2D eigenvalue weighted by Crippen LogP contribution is -2.36. The summed E-state index contributed by atoms with van der Waals surface area (Å²) < 4.78 is 6.60. The minimum atomic E-state index is -0.450. The zero-order valence-corrected chi connectivity index (χ0v) is 19.9. The van der Waals surface area contributed by atoms with Gasteiger partial charge in [0, 0.05) is 37.2 Å². The number of rotatable bonds is 3. The number of allylic oxidation sites excluding steroid dienone is 3. The van der Waals surface area contributed by atoms with Crippen molar-refractivity contribution < 1.29 is 4.74 Å². The molecule has 6 rings (SSSR count). The number of para-hydroxylation sites is 1. The summed E-state index contributed by atoms with van der Waals surface area (Å²) >= 11 is 0. The molecule has 0 N–H and O–H groups in total. The topological polar surface area (TPSA) is 40.6 Å². The quantitative estimate of drug-likeness (QED) is 0.310. The van der Waals surface area contributed by atoms with Crippen molar-refractivity contribution in [1.82, 2.24) is 0 Å². The number of hydrogen-bond donors (Lipinski definition) is 0. The third kappa shape index (κ3) is 3.98. The van der Waals surface area contributed by atoms with E-state index in [1.54, 1.807) is 0 Å². The van der Waals surface area contributed by atoms with Crippen LogP contribution in [0.1, 0.15) is 28.7 Å². The Morgan fingerprint density at radius 2 is 1.69 bits per heavy atom. The van der Waals surface area contributed by atoms with Crippen LogP contribution in [0, 0.1) is 17.9 Å². The maximum Gasteiger partial charge on any atom is 0.265 e. The van der Waals surface area contributed by atoms with Crippen molar-refractivity contribution in [3.63, 3.8) is 0 Å². The van der Waals surface area contributed by atoms with Gasteiger partial charge in [-0.25, -0.2) is 10.1 Å². The standard InChI is InChI=1S/C32H25N3O/c1-34-30(22-33)27-18-29(36-32(21-27)19-25-7-5-6-8-26(25)20-32)13-11-23-12-14-31-24(17-23)15-16-35(31)28-9-3-2-4-10-28/h2-14,17-18H,15-16,19-21H2. The van der Waals surface area contributed by atoms with Crippen LogP contribution in [-0.4, -0.2) is 12.1 Å². The molecule has 1 spiro atoms. The Hall–Kier alpha value is -4.54. The fourth-order valence-electron chi connectivity index (χ4n) is 5.72. The van der Waals surface area contributed by atoms with Crippen molar-refractivity contribution in [2.75, 3.05) is 11.4 Å². The summed E-state index contributed by atoms with van der Waals surface area (Å²) in [6.45, 7) is 8.47. The number of benzene rings is 3. The first kappa shape index (κ1) is 22.0. The Balaban J connectivity index is 1.29. The van der Waals surface area contributed by atoms with E-state index in [0.29, 0.717) is 12.2 Å². The van der Waals surface area contributed by atoms with Gasteiger partial charge in [-0.3, -0.25) is 0 Å². The van der Waals surface area contributed by atoms with Gasteiger partial charge in [-0.15, -0.1) is 0 Å². The predicted octanol–water partition coefficient (Wildman–Crippen LogP) is 6.93. The van der Waals surface area contributed by atoms with E-state index >= 15 is 0 Å². The summed E-state index contributed by atoms with van der Waals surface area (Å²) in [4.78, 5) is 5.86. The van der Waals surface area contributed by atoms with E-state index in [9.17, 15) is 5.26 Å². The number of nitrogens with zero attached hydrogens (tertiary/aromatic N) is 3. The Labute approximate surface area is 211 Å². The molecule has 0 unspecified atom stereocenters. The molecule has 3 aromatic rings. The lowest BCUT2D eigenvalue weighted by atomic mass is 9.87. The average Bonchev–Trinajstić information content (AvgIpc) is 3.49. The van der Waals surface area contributed by atoms with Crippen molar-refractivity contribution in [2.24, 2.45) is 0 Å². The highest BCUT2D eigenvalue weighted by atomic mass is 16.5. The van der Waals surface area contributed by atoms with Gasteiger partial charge >= 0.3 is 0 Å². The number of fused-ring (bicyclic) bond motifs is 2. The fourth-order valence-corrected chi connectivity index (χ4v) is 5.72. The normalized spacial score (nSPS) is 18.7. The molecule has 0 amide bonds. The molecular weight excluding hydrogens is 442 g/mol. The van der Waals surface area contributed by atoms with E-state index in [2.05, 4.69) is 88.6 Å². The summed E-state index contributed by atoms with van der Waals surface area (Å²) in [6, 6.07) is 27.6. The van der Waals surface area contributed by atoms with Crippen LogP contribution in [0.15, 0.2) is 102 Å². The molecule has 2 aliphatic heterocycles. The van der Waals surface area contributed by atoms with Gasteiger partial charge in [-0.1, -0.05) is 54.6 Å². The third-order valence-corrected chi connectivity index (χ3v) is 7.34. The SMILES string of the molecule is [C-]#[N+]C(C#N)=C1C=C(C=Cc2ccc3c(c2)CCN3c2ccccc2)OC2(C1)Cc1ccccc1C2. The first-order valence-electron chi connectivity index (χ1n) is 12.3. The molecule has 0 fully saturated rings. The fraction of sp³-hybridized carbons (Fsp3) is 0.188. The van der Waals surface area contributed by atoms with Crippen LogP contribution >= 0.6 is 0 Å². The van der Waals surface area contributed by atoms with Crippen LogP contribution in [0.4, 0.5) is 11.4 Å². The molecule has 174 valence electrons. The highest BCUT2D eigenvalue weighted by Crippen LogP contribution is 2.43. The maximum atomic E-state index is 9.56. The Kier molecular flexibility index (Phi) is 5.44. The molecule has 0 saturated heterocycles. The Bertz CT molecular complexity index is 1470. The zero-order chi connectivity index (χ0) is 24.5. The van der Waals surface area contributed by atoms with Crippen molar-refractivity contribution in [1.29, 1.82) is 5.26 Å². The number of anilines is 2. The van der Waals surface area contributed by atoms with E-state index in [-0.39, 0.29) is 5.70 Å². The number of hydrogen-bond acceptors (Lipinski definition) is 3. The van der Waals surface area contributed by atoms with Gasteiger partial charge in [0.15, 0.2) is 0 Å². The first-order chi connectivity index (χ1) is 17.7. The monoisotopic (exact) mass is 467 g/mol. The van der Waals surface area contributed by atoms with Gasteiger partial charge in [-0.05, 0) is 70.7 Å². The van der Waals surface area contributed by atoms with Crippen LogP contribution in [-0.2, 0) is 24.0 Å². The molecule has 4 heteroatoms. The van der Waals surface area contributed by atoms with Gasteiger partial charge in [-0.2, -0.15) is 0 Å². The van der Waals surface area contributed by atoms with Crippen LogP contribution in [0.3, 0.4) is 0 Å². The third-order valence-electron chi connectivity index (χ3n) is 7.34. The lowest BCUT2D eigenvalue weighted by molar-refractivity contribution is 0.0108. The van der Waals surface area contributed by atoms with Gasteiger partial charge in [0.1, 0.15) is 11.4 Å². The van der Waals surface area contributed by atoms with Crippen LogP contribution in [0.2, 0.25) is 0 Å². The second kappa shape index (κ2) is 8.91. The van der Waals surface area contributed by atoms with Crippen LogP contribution in [0.25, 0.3) is 10.9 Å². The summed E-state index contributed by atoms with van der Waals surface area (Å²) in [6.07, 6.45) is 9.06. The highest BCUT2D eigenvalue weighted by Gasteiger charge is 2.42. The molecule has 3 aromatic carbocycles. The summed E-state index contributed by atoms with van der Waals surface area (Å²) in [5.41, 5.74) is 7.95. The van der Waals surface area contributed by atoms with Crippen LogP contribution in [0.5, 0.6) is 0 Å². The van der Waals surface area contributed by atoms with E-state index < -0.39 is 5.60 Å². The van der Waals surface area contributed by atoms with E-state index in [0.717, 1.165) is 36.9 Å². The molecule has 4 nitrogen and oxygen atoms in total. The molecule has 0 bridgehead atoms. The van der Waals surface area contributed by atoms with Crippen molar-refractivity contribution in [3.8, 4) is 6.07 Å². The Morgan fingerprint density at radius 1 is 0.944 bits per heavy atom. The molecule has 1 aliphatic carbocycles. The predicted molar refractivity (Wildman–Crippen MR) is 142 cm³/mol. The molecule has 0 radical (unpaired) electrons. The van der Waals surface area contributed by atoms with Crippen molar-refractivity contribution in [2.45, 2.75) is 31.3 Å². The maximum absolute atomic E-state index is 9.56. The number of ether oxygens (including phenoxy) is 1. The first-order valence-corrected chi connectivity index (χ1v) is 12.3. The van der Waals surface area contributed by atoms with Gasteiger partial charge < -0.3 is 9.64 Å². The highest BCUT2D eigenvalue weighted by molar-refractivity contribution is 5.72. The zero-order valence-electron chi connectivity index (χ0n) is 19.9. The summed E-state index contributed by atoms with van der Waals surface area (Å²) in [5.74, 6) is 0.701. The minimum Gasteiger partial charge on any atom is -0.486 e. The van der Waals surface area contributed by atoms with Gasteiger partial charge in [0.25, 0.3) is 5.70 Å². The molecule has 0 atom stereocenters. The van der Waals surface area contributed by atoms with E-state index in [4.69, 9.17) is 11.3 Å². The smallest absolute Gasteiger partial charge is 0.265 e. The van der Waals surface area contributed by atoms with E-state index in [1.807, 2.05) is 18.2 Å².